The first-order chi connectivity index (χ1) is 7.04. The molecule has 1 aromatic rings. The second kappa shape index (κ2) is 3.60. The van der Waals surface area contributed by atoms with E-state index < -0.39 is 5.54 Å². The first-order valence-electron chi connectivity index (χ1n) is 5.58. The molecule has 0 bridgehead atoms. The van der Waals surface area contributed by atoms with Crippen molar-refractivity contribution in [3.8, 4) is 0 Å². The molecule has 0 aromatic heterocycles. The van der Waals surface area contributed by atoms with Crippen molar-refractivity contribution in [1.29, 1.82) is 0 Å². The van der Waals surface area contributed by atoms with Gasteiger partial charge in [-0.3, -0.25) is 0 Å². The molecule has 0 heterocycles. The van der Waals surface area contributed by atoms with Crippen LogP contribution in [0.5, 0.6) is 0 Å². The Balaban J connectivity index is 2.16. The molecule has 1 aliphatic carbocycles. The second-order valence-corrected chi connectivity index (χ2v) is 5.05. The minimum atomic E-state index is -0.393. The Hall–Kier alpha value is -0.890. The van der Waals surface area contributed by atoms with Gasteiger partial charge >= 0.3 is 0 Å². The molecule has 0 aliphatic heterocycles. The van der Waals surface area contributed by atoms with Crippen molar-refractivity contribution in [3.05, 3.63) is 35.6 Å². The van der Waals surface area contributed by atoms with Gasteiger partial charge in [-0.25, -0.2) is 4.39 Å². The molecule has 1 aromatic carbocycles. The number of rotatable bonds is 3. The summed E-state index contributed by atoms with van der Waals surface area (Å²) < 4.78 is 13.6. The van der Waals surface area contributed by atoms with Crippen LogP contribution >= 0.6 is 0 Å². The number of hydrogen-bond donors (Lipinski definition) is 1. The van der Waals surface area contributed by atoms with Crippen LogP contribution in [-0.4, -0.2) is 0 Å². The number of halogens is 1. The van der Waals surface area contributed by atoms with Gasteiger partial charge < -0.3 is 5.73 Å². The quantitative estimate of drug-likeness (QED) is 0.810. The summed E-state index contributed by atoms with van der Waals surface area (Å²) >= 11 is 0. The van der Waals surface area contributed by atoms with Crippen molar-refractivity contribution in [1.82, 2.24) is 0 Å². The summed E-state index contributed by atoms with van der Waals surface area (Å²) in [6.07, 6.45) is 2.01. The summed E-state index contributed by atoms with van der Waals surface area (Å²) in [5, 5.41) is 0. The summed E-state index contributed by atoms with van der Waals surface area (Å²) in [5.41, 5.74) is 6.52. The van der Waals surface area contributed by atoms with Crippen LogP contribution in [-0.2, 0) is 5.54 Å². The molecule has 2 unspecified atom stereocenters. The zero-order valence-corrected chi connectivity index (χ0v) is 9.33. The lowest BCUT2D eigenvalue weighted by atomic mass is 9.98. The molecule has 2 atom stereocenters. The van der Waals surface area contributed by atoms with Crippen LogP contribution in [0.1, 0.15) is 32.3 Å². The van der Waals surface area contributed by atoms with Crippen LogP contribution < -0.4 is 5.73 Å². The summed E-state index contributed by atoms with van der Waals surface area (Å²) in [5.74, 6) is 0.924. The van der Waals surface area contributed by atoms with Gasteiger partial charge in [0.1, 0.15) is 5.82 Å². The van der Waals surface area contributed by atoms with Crippen molar-refractivity contribution in [2.45, 2.75) is 32.2 Å². The SMILES string of the molecule is CC(C)CC1CC1(N)c1ccccc1F. The third kappa shape index (κ3) is 1.91. The fourth-order valence-corrected chi connectivity index (χ4v) is 2.38. The van der Waals surface area contributed by atoms with E-state index in [2.05, 4.69) is 13.8 Å². The largest absolute Gasteiger partial charge is 0.321 e. The fourth-order valence-electron chi connectivity index (χ4n) is 2.38. The summed E-state index contributed by atoms with van der Waals surface area (Å²) in [6, 6.07) is 6.88. The molecule has 15 heavy (non-hydrogen) atoms. The predicted octanol–water partition coefficient (Wildman–Crippen LogP) is 3.05. The third-order valence-electron chi connectivity index (χ3n) is 3.28. The highest BCUT2D eigenvalue weighted by Crippen LogP contribution is 2.53. The summed E-state index contributed by atoms with van der Waals surface area (Å²) in [4.78, 5) is 0. The molecule has 0 saturated heterocycles. The molecule has 0 radical (unpaired) electrons. The molecule has 82 valence electrons. The van der Waals surface area contributed by atoms with Gasteiger partial charge in [-0.15, -0.1) is 0 Å². The van der Waals surface area contributed by atoms with Gasteiger partial charge in [-0.2, -0.15) is 0 Å². The molecule has 2 rings (SSSR count). The van der Waals surface area contributed by atoms with Crippen LogP contribution in [0.4, 0.5) is 4.39 Å². The van der Waals surface area contributed by atoms with E-state index in [9.17, 15) is 4.39 Å². The van der Waals surface area contributed by atoms with Crippen LogP contribution in [0.15, 0.2) is 24.3 Å². The Kier molecular flexibility index (Phi) is 2.55. The van der Waals surface area contributed by atoms with Crippen LogP contribution in [0.2, 0.25) is 0 Å². The first kappa shape index (κ1) is 10.6. The van der Waals surface area contributed by atoms with Gasteiger partial charge in [0.15, 0.2) is 0 Å². The number of benzene rings is 1. The normalized spacial score (nSPS) is 29.5. The van der Waals surface area contributed by atoms with E-state index >= 15 is 0 Å². The maximum absolute atomic E-state index is 13.6. The van der Waals surface area contributed by atoms with Crippen molar-refractivity contribution >= 4 is 0 Å². The van der Waals surface area contributed by atoms with E-state index in [1.165, 1.54) is 6.07 Å². The predicted molar refractivity (Wildman–Crippen MR) is 59.8 cm³/mol. The summed E-state index contributed by atoms with van der Waals surface area (Å²) in [6.45, 7) is 4.36. The zero-order chi connectivity index (χ0) is 11.1. The average molecular weight is 207 g/mol. The Morgan fingerprint density at radius 1 is 1.47 bits per heavy atom. The Labute approximate surface area is 90.5 Å². The first-order valence-corrected chi connectivity index (χ1v) is 5.58. The van der Waals surface area contributed by atoms with Gasteiger partial charge in [0, 0.05) is 11.1 Å². The van der Waals surface area contributed by atoms with Gasteiger partial charge in [-0.1, -0.05) is 32.0 Å². The zero-order valence-electron chi connectivity index (χ0n) is 9.33. The molecule has 2 N–H and O–H groups in total. The monoisotopic (exact) mass is 207 g/mol. The van der Waals surface area contributed by atoms with Gasteiger partial charge in [0.2, 0.25) is 0 Å². The van der Waals surface area contributed by atoms with Crippen LogP contribution in [0, 0.1) is 17.7 Å². The Morgan fingerprint density at radius 3 is 2.73 bits per heavy atom. The lowest BCUT2D eigenvalue weighted by Gasteiger charge is -2.14. The van der Waals surface area contributed by atoms with Crippen molar-refractivity contribution in [3.63, 3.8) is 0 Å². The molecule has 1 fully saturated rings. The van der Waals surface area contributed by atoms with Crippen LogP contribution in [0.25, 0.3) is 0 Å². The van der Waals surface area contributed by atoms with E-state index in [4.69, 9.17) is 5.73 Å². The maximum Gasteiger partial charge on any atom is 0.128 e. The lowest BCUT2D eigenvalue weighted by Crippen LogP contribution is -2.24. The molecule has 0 spiro atoms. The summed E-state index contributed by atoms with van der Waals surface area (Å²) in [7, 11) is 0. The van der Waals surface area contributed by atoms with E-state index in [0.29, 0.717) is 17.4 Å². The van der Waals surface area contributed by atoms with Crippen molar-refractivity contribution in [2.24, 2.45) is 17.6 Å². The molecule has 1 aliphatic rings. The smallest absolute Gasteiger partial charge is 0.128 e. The van der Waals surface area contributed by atoms with E-state index in [-0.39, 0.29) is 5.82 Å². The Bertz CT molecular complexity index is 361. The minimum Gasteiger partial charge on any atom is -0.321 e. The van der Waals surface area contributed by atoms with Gasteiger partial charge in [0.05, 0.1) is 0 Å². The van der Waals surface area contributed by atoms with Gasteiger partial charge in [-0.05, 0) is 30.7 Å². The van der Waals surface area contributed by atoms with Crippen LogP contribution in [0.3, 0.4) is 0 Å². The van der Waals surface area contributed by atoms with Crippen molar-refractivity contribution in [2.75, 3.05) is 0 Å². The van der Waals surface area contributed by atoms with E-state index in [1.807, 2.05) is 12.1 Å². The van der Waals surface area contributed by atoms with E-state index in [0.717, 1.165) is 12.8 Å². The molecular formula is C13H18FN. The average Bonchev–Trinajstić information content (AvgIpc) is 2.77. The highest BCUT2D eigenvalue weighted by molar-refractivity contribution is 5.33. The standard InChI is InChI=1S/C13H18FN/c1-9(2)7-10-8-13(10,15)11-5-3-4-6-12(11)14/h3-6,9-10H,7-8,15H2,1-2H3. The minimum absolute atomic E-state index is 0.161. The maximum atomic E-state index is 13.6. The highest BCUT2D eigenvalue weighted by atomic mass is 19.1. The Morgan fingerprint density at radius 2 is 2.13 bits per heavy atom. The molecule has 1 nitrogen and oxygen atoms in total. The van der Waals surface area contributed by atoms with Gasteiger partial charge in [0.25, 0.3) is 0 Å². The molecular weight excluding hydrogens is 189 g/mol. The molecule has 1 saturated carbocycles. The van der Waals surface area contributed by atoms with E-state index in [1.54, 1.807) is 6.07 Å². The molecule has 0 amide bonds. The highest BCUT2D eigenvalue weighted by Gasteiger charge is 2.52. The second-order valence-electron chi connectivity index (χ2n) is 5.05. The van der Waals surface area contributed by atoms with Crippen molar-refractivity contribution < 1.29 is 4.39 Å². The lowest BCUT2D eigenvalue weighted by molar-refractivity contribution is 0.478. The third-order valence-corrected chi connectivity index (χ3v) is 3.28. The molecule has 2 heteroatoms. The fraction of sp³-hybridized carbons (Fsp3) is 0.538. The number of nitrogens with two attached hydrogens (primary N) is 1. The number of hydrogen-bond acceptors (Lipinski definition) is 1. The topological polar surface area (TPSA) is 26.0 Å².